The third-order valence-corrected chi connectivity index (χ3v) is 6.07. The number of rotatable bonds is 3. The average molecular weight is 321 g/mol. The first-order chi connectivity index (χ1) is 7.66. The van der Waals surface area contributed by atoms with Crippen molar-refractivity contribution in [2.24, 2.45) is 23.7 Å². The van der Waals surface area contributed by atoms with Crippen LogP contribution >= 0.6 is 0 Å². The van der Waals surface area contributed by atoms with Crippen LogP contribution in [0.25, 0.3) is 0 Å². The predicted molar refractivity (Wildman–Crippen MR) is 63.4 cm³/mol. The van der Waals surface area contributed by atoms with Crippen LogP contribution in [0.1, 0.15) is 19.3 Å². The number of hydrogen-bond acceptors (Lipinski definition) is 1. The Morgan fingerprint density at radius 3 is 2.88 bits per heavy atom. The van der Waals surface area contributed by atoms with Crippen LogP contribution in [0, 0.1) is 23.7 Å². The van der Waals surface area contributed by atoms with Crippen LogP contribution in [0.15, 0.2) is 23.8 Å². The molecule has 0 amide bonds. The normalized spacial score (nSPS) is 39.0. The third kappa shape index (κ3) is 1.53. The first-order valence-electron chi connectivity index (χ1n) is 5.86. The second-order valence-electron chi connectivity index (χ2n) is 5.05. The van der Waals surface area contributed by atoms with Gasteiger partial charge in [0.25, 0.3) is 0 Å². The quantitative estimate of drug-likeness (QED) is 0.633. The summed E-state index contributed by atoms with van der Waals surface area (Å²) < 4.78 is 1.55. The summed E-state index contributed by atoms with van der Waals surface area (Å²) in [7, 11) is 0. The molecular weight excluding hydrogens is 307 g/mol. The Balaban J connectivity index is 1.77. The van der Waals surface area contributed by atoms with E-state index in [4.69, 9.17) is 5.11 Å². The first-order valence-corrected chi connectivity index (χ1v) is 7.29. The van der Waals surface area contributed by atoms with Gasteiger partial charge in [0, 0.05) is 0 Å². The summed E-state index contributed by atoms with van der Waals surface area (Å²) in [4.78, 5) is 10.6. The summed E-state index contributed by atoms with van der Waals surface area (Å²) in [5, 5.41) is 8.74. The number of carbonyl (C=O) groups is 1. The topological polar surface area (TPSA) is 37.3 Å². The molecule has 82 valence electrons. The summed E-state index contributed by atoms with van der Waals surface area (Å²) in [6.45, 7) is 0. The second-order valence-corrected chi connectivity index (χ2v) is 6.59. The van der Waals surface area contributed by atoms with E-state index in [0.29, 0.717) is 5.92 Å². The van der Waals surface area contributed by atoms with Gasteiger partial charge >= 0.3 is 108 Å². The molecule has 1 saturated carbocycles. The van der Waals surface area contributed by atoms with Gasteiger partial charge in [-0.25, -0.2) is 0 Å². The molecule has 3 heteroatoms. The molecule has 0 aliphatic heterocycles. The summed E-state index contributed by atoms with van der Waals surface area (Å²) >= 11 is 1.49. The first kappa shape index (κ1) is 10.8. The predicted octanol–water partition coefficient (Wildman–Crippen LogP) is 1.57. The molecule has 2 nitrogen and oxygen atoms in total. The van der Waals surface area contributed by atoms with Crippen molar-refractivity contribution in [2.75, 3.05) is 0 Å². The maximum atomic E-state index is 10.6. The van der Waals surface area contributed by atoms with Crippen molar-refractivity contribution in [2.45, 2.75) is 19.3 Å². The van der Waals surface area contributed by atoms with Crippen molar-refractivity contribution in [3.05, 3.63) is 23.8 Å². The molecule has 2 bridgehead atoms. The average Bonchev–Trinajstić information content (AvgIpc) is 2.88. The van der Waals surface area contributed by atoms with Gasteiger partial charge in [0.05, 0.1) is 0 Å². The Kier molecular flexibility index (Phi) is 2.57. The molecule has 0 saturated heterocycles. The number of aliphatic carboxylic acids is 1. The summed E-state index contributed by atoms with van der Waals surface area (Å²) in [6.07, 6.45) is 9.48. The Labute approximate surface area is 108 Å². The Hall–Kier alpha value is -0.381. The van der Waals surface area contributed by atoms with E-state index < -0.39 is 5.97 Å². The standard InChI is InChI=1S/C13H14O2.Sn/c14-13(15)4-1-8-5-11-9-2-3-10(7-9)12(11)6-8;/h2-3,5,9-12H,1,4,7H2,(H,14,15);. The van der Waals surface area contributed by atoms with Crippen molar-refractivity contribution in [1.82, 2.24) is 0 Å². The summed E-state index contributed by atoms with van der Waals surface area (Å²) in [5.74, 6) is 2.25. The van der Waals surface area contributed by atoms with Crippen LogP contribution in [0.2, 0.25) is 0 Å². The molecule has 3 aliphatic carbocycles. The van der Waals surface area contributed by atoms with Gasteiger partial charge in [-0.3, -0.25) is 0 Å². The van der Waals surface area contributed by atoms with Crippen LogP contribution in [0.4, 0.5) is 0 Å². The molecule has 2 radical (unpaired) electrons. The van der Waals surface area contributed by atoms with Crippen LogP contribution < -0.4 is 0 Å². The van der Waals surface area contributed by atoms with Gasteiger partial charge in [0.1, 0.15) is 0 Å². The Morgan fingerprint density at radius 1 is 1.44 bits per heavy atom. The van der Waals surface area contributed by atoms with E-state index in [-0.39, 0.29) is 6.42 Å². The van der Waals surface area contributed by atoms with Crippen molar-refractivity contribution >= 4 is 31.5 Å². The number of allylic oxidation sites excluding steroid dienone is 4. The van der Waals surface area contributed by atoms with Crippen LogP contribution in [0.5, 0.6) is 0 Å². The van der Waals surface area contributed by atoms with E-state index in [1.807, 2.05) is 0 Å². The monoisotopic (exact) mass is 322 g/mol. The molecule has 3 aliphatic rings. The fourth-order valence-electron chi connectivity index (χ4n) is 3.49. The zero-order chi connectivity index (χ0) is 11.3. The minimum atomic E-state index is -0.678. The maximum absolute atomic E-state index is 10.6. The van der Waals surface area contributed by atoms with Gasteiger partial charge < -0.3 is 0 Å². The number of carboxylic acid groups (broad SMARTS) is 1. The van der Waals surface area contributed by atoms with Crippen LogP contribution in [0.3, 0.4) is 0 Å². The molecule has 0 aromatic carbocycles. The molecule has 16 heavy (non-hydrogen) atoms. The molecule has 0 aromatic rings. The van der Waals surface area contributed by atoms with Crippen LogP contribution in [-0.2, 0) is 4.79 Å². The van der Waals surface area contributed by atoms with E-state index in [1.54, 1.807) is 3.52 Å². The van der Waals surface area contributed by atoms with Crippen molar-refractivity contribution in [3.63, 3.8) is 0 Å². The van der Waals surface area contributed by atoms with E-state index in [0.717, 1.165) is 24.2 Å². The van der Waals surface area contributed by atoms with Crippen LogP contribution in [-0.4, -0.2) is 36.6 Å². The van der Waals surface area contributed by atoms with Gasteiger partial charge in [-0.1, -0.05) is 0 Å². The minimum absolute atomic E-state index is 0.284. The van der Waals surface area contributed by atoms with Gasteiger partial charge in [0.2, 0.25) is 0 Å². The van der Waals surface area contributed by atoms with Gasteiger partial charge in [0.15, 0.2) is 0 Å². The molecule has 0 heterocycles. The molecule has 1 fully saturated rings. The van der Waals surface area contributed by atoms with Gasteiger partial charge in [-0.05, 0) is 0 Å². The van der Waals surface area contributed by atoms with E-state index in [9.17, 15) is 4.79 Å². The van der Waals surface area contributed by atoms with Crippen molar-refractivity contribution < 1.29 is 9.90 Å². The Morgan fingerprint density at radius 2 is 2.19 bits per heavy atom. The van der Waals surface area contributed by atoms with E-state index in [1.165, 1.54) is 34.0 Å². The molecule has 1 N–H and O–H groups in total. The number of fused-ring (bicyclic) bond motifs is 5. The SMILES string of the molecule is O=C(O)CCC1=CC2C3C=CC(C3)C2[C]1=[Sn]. The van der Waals surface area contributed by atoms with E-state index >= 15 is 0 Å². The molecule has 0 spiro atoms. The second kappa shape index (κ2) is 3.83. The number of carboxylic acids is 1. The fraction of sp³-hybridized carbons (Fsp3) is 0.538. The zero-order valence-corrected chi connectivity index (χ0v) is 11.9. The van der Waals surface area contributed by atoms with Crippen molar-refractivity contribution in [3.8, 4) is 0 Å². The Bertz CT molecular complexity index is 422. The summed E-state index contributed by atoms with van der Waals surface area (Å²) in [6, 6.07) is 0. The third-order valence-electron chi connectivity index (χ3n) is 4.20. The summed E-state index contributed by atoms with van der Waals surface area (Å²) in [5.41, 5.74) is 1.36. The van der Waals surface area contributed by atoms with Gasteiger partial charge in [-0.15, -0.1) is 0 Å². The van der Waals surface area contributed by atoms with Gasteiger partial charge in [-0.2, -0.15) is 0 Å². The molecular formula is C13H14O2Sn. The van der Waals surface area contributed by atoms with E-state index in [2.05, 4.69) is 18.2 Å². The molecule has 3 rings (SSSR count). The zero-order valence-electron chi connectivity index (χ0n) is 9.02. The molecule has 4 unspecified atom stereocenters. The van der Waals surface area contributed by atoms with Crippen molar-refractivity contribution in [1.29, 1.82) is 0 Å². The number of hydrogen-bond donors (Lipinski definition) is 1. The molecule has 4 atom stereocenters. The fourth-order valence-corrected chi connectivity index (χ4v) is 5.24. The molecule has 0 aromatic heterocycles.